The van der Waals surface area contributed by atoms with Crippen molar-refractivity contribution in [3.8, 4) is 5.75 Å². The Balaban J connectivity index is 1.49. The highest BCUT2D eigenvalue weighted by molar-refractivity contribution is 6.33. The third-order valence-corrected chi connectivity index (χ3v) is 5.30. The molecule has 1 unspecified atom stereocenters. The summed E-state index contributed by atoms with van der Waals surface area (Å²) < 4.78 is 5.75. The van der Waals surface area contributed by atoms with E-state index in [4.69, 9.17) is 16.3 Å². The summed E-state index contributed by atoms with van der Waals surface area (Å²) in [6, 6.07) is 14.9. The number of halogens is 1. The first kappa shape index (κ1) is 20.6. The van der Waals surface area contributed by atoms with Gasteiger partial charge < -0.3 is 14.7 Å². The lowest BCUT2D eigenvalue weighted by Gasteiger charge is -2.24. The number of aryl methyl sites for hydroxylation is 1. The quantitative estimate of drug-likeness (QED) is 0.805. The van der Waals surface area contributed by atoms with E-state index in [1.165, 1.54) is 0 Å². The van der Waals surface area contributed by atoms with Crippen LogP contribution in [0.15, 0.2) is 48.5 Å². The van der Waals surface area contributed by atoms with Crippen molar-refractivity contribution in [2.45, 2.75) is 19.4 Å². The molecule has 2 aromatic carbocycles. The van der Waals surface area contributed by atoms with Crippen molar-refractivity contribution in [2.24, 2.45) is 0 Å². The number of nitrogens with zero attached hydrogens (tertiary/aromatic N) is 2. The summed E-state index contributed by atoms with van der Waals surface area (Å²) >= 11 is 6.17. The molecule has 6 heteroatoms. The smallest absolute Gasteiger partial charge is 0.255 e. The van der Waals surface area contributed by atoms with Crippen molar-refractivity contribution in [1.82, 2.24) is 9.80 Å². The summed E-state index contributed by atoms with van der Waals surface area (Å²) in [7, 11) is 0. The van der Waals surface area contributed by atoms with Gasteiger partial charge in [-0.2, -0.15) is 0 Å². The van der Waals surface area contributed by atoms with E-state index in [2.05, 4.69) is 4.90 Å². The zero-order chi connectivity index (χ0) is 19.9. The van der Waals surface area contributed by atoms with Gasteiger partial charge in [0, 0.05) is 26.2 Å². The van der Waals surface area contributed by atoms with Crippen molar-refractivity contribution in [2.75, 3.05) is 39.3 Å². The first-order chi connectivity index (χ1) is 13.5. The average Bonchev–Trinajstić information content (AvgIpc) is 2.93. The number of amides is 1. The van der Waals surface area contributed by atoms with Crippen molar-refractivity contribution in [3.05, 3.63) is 64.7 Å². The molecule has 0 radical (unpaired) electrons. The molecule has 150 valence electrons. The Morgan fingerprint density at radius 2 is 1.86 bits per heavy atom. The Kier molecular flexibility index (Phi) is 7.31. The molecule has 28 heavy (non-hydrogen) atoms. The van der Waals surface area contributed by atoms with Gasteiger partial charge in [0.1, 0.15) is 18.5 Å². The van der Waals surface area contributed by atoms with E-state index in [0.29, 0.717) is 30.2 Å². The fourth-order valence-corrected chi connectivity index (χ4v) is 3.63. The number of hydrogen-bond donors (Lipinski definition) is 1. The number of aliphatic hydroxyl groups excluding tert-OH is 1. The van der Waals surface area contributed by atoms with Crippen LogP contribution in [-0.4, -0.2) is 66.2 Å². The topological polar surface area (TPSA) is 53.0 Å². The van der Waals surface area contributed by atoms with Gasteiger partial charge in [0.25, 0.3) is 5.91 Å². The summed E-state index contributed by atoms with van der Waals surface area (Å²) in [4.78, 5) is 16.8. The van der Waals surface area contributed by atoms with Gasteiger partial charge in [-0.15, -0.1) is 0 Å². The van der Waals surface area contributed by atoms with Gasteiger partial charge in [-0.25, -0.2) is 0 Å². The van der Waals surface area contributed by atoms with Crippen LogP contribution in [0.2, 0.25) is 5.02 Å². The van der Waals surface area contributed by atoms with Crippen LogP contribution in [0, 0.1) is 6.92 Å². The maximum atomic E-state index is 12.7. The molecular weight excluding hydrogens is 376 g/mol. The van der Waals surface area contributed by atoms with Gasteiger partial charge in [0.15, 0.2) is 0 Å². The van der Waals surface area contributed by atoms with Crippen molar-refractivity contribution in [1.29, 1.82) is 0 Å². The molecule has 0 aromatic heterocycles. The molecule has 1 heterocycles. The fraction of sp³-hybridized carbons (Fsp3) is 0.409. The molecule has 1 N–H and O–H groups in total. The molecule has 1 aliphatic rings. The number of benzene rings is 2. The Hall–Kier alpha value is -2.08. The van der Waals surface area contributed by atoms with Crippen LogP contribution in [0.5, 0.6) is 5.75 Å². The maximum Gasteiger partial charge on any atom is 0.255 e. The van der Waals surface area contributed by atoms with Crippen molar-refractivity contribution >= 4 is 17.5 Å². The Morgan fingerprint density at radius 1 is 1.11 bits per heavy atom. The van der Waals surface area contributed by atoms with Crippen LogP contribution in [0.3, 0.4) is 0 Å². The molecule has 0 spiro atoms. The van der Waals surface area contributed by atoms with Gasteiger partial charge in [-0.1, -0.05) is 41.9 Å². The monoisotopic (exact) mass is 402 g/mol. The molecule has 0 aliphatic carbocycles. The lowest BCUT2D eigenvalue weighted by Crippen LogP contribution is -2.39. The normalized spacial score (nSPS) is 16.5. The van der Waals surface area contributed by atoms with Crippen LogP contribution >= 0.6 is 11.6 Å². The first-order valence-corrected chi connectivity index (χ1v) is 10.0. The molecule has 1 atom stereocenters. The minimum Gasteiger partial charge on any atom is -0.491 e. The molecule has 0 saturated carbocycles. The van der Waals surface area contributed by atoms with Crippen LogP contribution < -0.4 is 4.74 Å². The van der Waals surface area contributed by atoms with Crippen molar-refractivity contribution < 1.29 is 14.6 Å². The Labute approximate surface area is 171 Å². The number of ether oxygens (including phenoxy) is 1. The number of carbonyl (C=O) groups is 1. The lowest BCUT2D eigenvalue weighted by atomic mass is 10.2. The SMILES string of the molecule is Cc1ccccc1OCC(O)CN1CCCN(C(=O)c2ccccc2Cl)CC1. The van der Waals surface area contributed by atoms with E-state index >= 15 is 0 Å². The lowest BCUT2D eigenvalue weighted by molar-refractivity contribution is 0.0668. The molecule has 0 bridgehead atoms. The summed E-state index contributed by atoms with van der Waals surface area (Å²) in [6.45, 7) is 5.64. The third-order valence-electron chi connectivity index (χ3n) is 4.97. The zero-order valence-electron chi connectivity index (χ0n) is 16.2. The Bertz CT molecular complexity index is 799. The first-order valence-electron chi connectivity index (χ1n) is 9.67. The van der Waals surface area contributed by atoms with E-state index < -0.39 is 6.10 Å². The second-order valence-electron chi connectivity index (χ2n) is 7.16. The van der Waals surface area contributed by atoms with Crippen LogP contribution in [0.25, 0.3) is 0 Å². The van der Waals surface area contributed by atoms with Crippen LogP contribution in [-0.2, 0) is 0 Å². The van der Waals surface area contributed by atoms with E-state index in [9.17, 15) is 9.90 Å². The number of rotatable bonds is 6. The predicted molar refractivity (Wildman–Crippen MR) is 111 cm³/mol. The van der Waals surface area contributed by atoms with E-state index in [-0.39, 0.29) is 12.5 Å². The van der Waals surface area contributed by atoms with E-state index in [1.54, 1.807) is 12.1 Å². The van der Waals surface area contributed by atoms with E-state index in [0.717, 1.165) is 30.8 Å². The van der Waals surface area contributed by atoms with Crippen molar-refractivity contribution in [3.63, 3.8) is 0 Å². The predicted octanol–water partition coefficient (Wildman–Crippen LogP) is 3.24. The molecule has 1 saturated heterocycles. The van der Waals surface area contributed by atoms with Gasteiger partial charge in [-0.3, -0.25) is 9.69 Å². The summed E-state index contributed by atoms with van der Waals surface area (Å²) in [5.41, 5.74) is 1.60. The second kappa shape index (κ2) is 9.92. The highest BCUT2D eigenvalue weighted by Gasteiger charge is 2.23. The number of carbonyl (C=O) groups excluding carboxylic acids is 1. The average molecular weight is 403 g/mol. The number of para-hydroxylation sites is 1. The highest BCUT2D eigenvalue weighted by atomic mass is 35.5. The standard InChI is InChI=1S/C22H27ClN2O3/c1-17-7-2-5-10-21(17)28-16-18(26)15-24-11-6-12-25(14-13-24)22(27)19-8-3-4-9-20(19)23/h2-5,7-10,18,26H,6,11-16H2,1H3. The van der Waals surface area contributed by atoms with E-state index in [1.807, 2.05) is 48.2 Å². The Morgan fingerprint density at radius 3 is 2.64 bits per heavy atom. The summed E-state index contributed by atoms with van der Waals surface area (Å²) in [5.74, 6) is 0.768. The van der Waals surface area contributed by atoms with Crippen LogP contribution in [0.4, 0.5) is 0 Å². The zero-order valence-corrected chi connectivity index (χ0v) is 16.9. The van der Waals surface area contributed by atoms with Gasteiger partial charge in [-0.05, 0) is 43.7 Å². The molecule has 1 amide bonds. The summed E-state index contributed by atoms with van der Waals surface area (Å²) in [5, 5.41) is 10.9. The number of aliphatic hydroxyl groups is 1. The maximum absolute atomic E-state index is 12.7. The van der Waals surface area contributed by atoms with Gasteiger partial charge in [0.05, 0.1) is 10.6 Å². The minimum atomic E-state index is -0.578. The number of hydrogen-bond acceptors (Lipinski definition) is 4. The molecule has 3 rings (SSSR count). The number of β-amino-alcohol motifs (C(OH)–C–C–N with tert-alkyl or cyclic N) is 1. The third kappa shape index (κ3) is 5.47. The van der Waals surface area contributed by atoms with Gasteiger partial charge >= 0.3 is 0 Å². The largest absolute Gasteiger partial charge is 0.491 e. The minimum absolute atomic E-state index is 0.0316. The highest BCUT2D eigenvalue weighted by Crippen LogP contribution is 2.19. The van der Waals surface area contributed by atoms with Gasteiger partial charge in [0.2, 0.25) is 0 Å². The molecule has 2 aromatic rings. The fourth-order valence-electron chi connectivity index (χ4n) is 3.42. The molecule has 1 aliphatic heterocycles. The molecular formula is C22H27ClN2O3. The molecule has 5 nitrogen and oxygen atoms in total. The summed E-state index contributed by atoms with van der Waals surface area (Å²) in [6.07, 6.45) is 0.284. The molecule has 1 fully saturated rings. The second-order valence-corrected chi connectivity index (χ2v) is 7.56. The van der Waals surface area contributed by atoms with Crippen LogP contribution in [0.1, 0.15) is 22.3 Å².